The standard InChI is InChI=1S/C19H28O2.C10H9NO4.C6H9NO4/c1-4-5-6-7-8-9-10-13-17-14-11-12-15-18(17)21-19(20)16(2)3;1-7(2)10(12)15-9-5-3-8(4-6-9)11(13)14;1-5(2)6(8)11-4-3-7(9)10/h11-12,14-15H,2,4-10,13H2,1,3H3;3-6H,1H2,2H3;1,3-4H2,2H3. The van der Waals surface area contributed by atoms with Gasteiger partial charge in [0.15, 0.2) is 6.61 Å². The molecule has 0 aliphatic rings. The molecule has 47 heavy (non-hydrogen) atoms. The highest BCUT2D eigenvalue weighted by Gasteiger charge is 2.10. The number of rotatable bonds is 17. The van der Waals surface area contributed by atoms with E-state index in [1.165, 1.54) is 76.6 Å². The number of aryl methyl sites for hydroxylation is 1. The maximum absolute atomic E-state index is 11.6. The minimum absolute atomic E-state index is 0.0508. The average Bonchev–Trinajstić information content (AvgIpc) is 3.01. The zero-order chi connectivity index (χ0) is 35.8. The van der Waals surface area contributed by atoms with Crippen molar-refractivity contribution in [1.82, 2.24) is 0 Å². The number of nitro benzene ring substituents is 1. The molecule has 2 aromatic rings. The van der Waals surface area contributed by atoms with Crippen LogP contribution < -0.4 is 9.47 Å². The second-order valence-electron chi connectivity index (χ2n) is 10.5. The summed E-state index contributed by atoms with van der Waals surface area (Å²) in [6, 6.07) is 13.0. The van der Waals surface area contributed by atoms with Gasteiger partial charge in [-0.3, -0.25) is 20.2 Å². The highest BCUT2D eigenvalue weighted by Crippen LogP contribution is 2.22. The van der Waals surface area contributed by atoms with Crippen LogP contribution in [0.2, 0.25) is 0 Å². The van der Waals surface area contributed by atoms with Crippen molar-refractivity contribution in [2.24, 2.45) is 0 Å². The zero-order valence-electron chi connectivity index (χ0n) is 27.8. The van der Waals surface area contributed by atoms with Crippen LogP contribution in [0.3, 0.4) is 0 Å². The highest BCUT2D eigenvalue weighted by atomic mass is 16.6. The molecule has 0 amide bonds. The minimum Gasteiger partial charge on any atom is -0.455 e. The summed E-state index contributed by atoms with van der Waals surface area (Å²) in [7, 11) is 0. The summed E-state index contributed by atoms with van der Waals surface area (Å²) < 4.78 is 14.7. The second-order valence-corrected chi connectivity index (χ2v) is 10.5. The van der Waals surface area contributed by atoms with E-state index in [1.54, 1.807) is 6.92 Å². The van der Waals surface area contributed by atoms with Crippen molar-refractivity contribution in [3.05, 3.63) is 111 Å². The molecule has 2 rings (SSSR count). The molecule has 12 heteroatoms. The van der Waals surface area contributed by atoms with Crippen molar-refractivity contribution in [3.8, 4) is 11.5 Å². The van der Waals surface area contributed by atoms with Crippen LogP contribution in [-0.4, -0.2) is 40.9 Å². The van der Waals surface area contributed by atoms with E-state index >= 15 is 0 Å². The van der Waals surface area contributed by atoms with Gasteiger partial charge in [-0.25, -0.2) is 14.4 Å². The molecule has 0 saturated heterocycles. The molecule has 0 spiro atoms. The SMILES string of the molecule is C=C(C)C(=O)OCC[N+](=O)[O-].C=C(C)C(=O)Oc1ccc([N+](=O)[O-])cc1.C=C(C)C(=O)Oc1ccccc1CCCCCCCCC. The number of hydrogen-bond acceptors (Lipinski definition) is 10. The van der Waals surface area contributed by atoms with Gasteiger partial charge in [0.25, 0.3) is 5.69 Å². The lowest BCUT2D eigenvalue weighted by Gasteiger charge is -2.10. The number of carbonyl (C=O) groups is 3. The summed E-state index contributed by atoms with van der Waals surface area (Å²) in [5, 5.41) is 20.1. The quantitative estimate of drug-likeness (QED) is 0.0408. The first-order valence-corrected chi connectivity index (χ1v) is 15.2. The molecule has 0 heterocycles. The van der Waals surface area contributed by atoms with Gasteiger partial charge < -0.3 is 14.2 Å². The Morgan fingerprint density at radius 3 is 1.72 bits per heavy atom. The van der Waals surface area contributed by atoms with Crippen LogP contribution in [0, 0.1) is 20.2 Å². The van der Waals surface area contributed by atoms with E-state index in [-0.39, 0.29) is 41.7 Å². The van der Waals surface area contributed by atoms with Crippen molar-refractivity contribution in [2.45, 2.75) is 79.1 Å². The maximum Gasteiger partial charge on any atom is 0.338 e. The number of ether oxygens (including phenoxy) is 3. The number of para-hydroxylation sites is 1. The summed E-state index contributed by atoms with van der Waals surface area (Å²) >= 11 is 0. The van der Waals surface area contributed by atoms with Crippen LogP contribution in [0.25, 0.3) is 0 Å². The van der Waals surface area contributed by atoms with Gasteiger partial charge in [0, 0.05) is 33.8 Å². The highest BCUT2D eigenvalue weighted by molar-refractivity contribution is 5.89. The van der Waals surface area contributed by atoms with E-state index in [0.29, 0.717) is 11.3 Å². The van der Waals surface area contributed by atoms with Gasteiger partial charge in [-0.15, -0.1) is 0 Å². The molecule has 0 bridgehead atoms. The van der Waals surface area contributed by atoms with Crippen LogP contribution in [0.15, 0.2) is 85.0 Å². The van der Waals surface area contributed by atoms with Gasteiger partial charge in [-0.2, -0.15) is 0 Å². The number of unbranched alkanes of at least 4 members (excludes halogenated alkanes) is 6. The molecule has 0 radical (unpaired) electrons. The number of nitrogens with zero attached hydrogens (tertiary/aromatic N) is 2. The first-order chi connectivity index (χ1) is 22.2. The van der Waals surface area contributed by atoms with E-state index in [0.717, 1.165) is 18.4 Å². The third kappa shape index (κ3) is 20.5. The Labute approximate surface area is 276 Å². The average molecular weight is 655 g/mol. The molecule has 0 fully saturated rings. The molecule has 0 aromatic heterocycles. The lowest BCUT2D eigenvalue weighted by Crippen LogP contribution is -2.13. The van der Waals surface area contributed by atoms with Gasteiger partial charge in [-0.05, 0) is 57.4 Å². The number of esters is 3. The van der Waals surface area contributed by atoms with E-state index < -0.39 is 21.8 Å². The molecule has 2 aromatic carbocycles. The number of hydrogen-bond donors (Lipinski definition) is 0. The van der Waals surface area contributed by atoms with Crippen LogP contribution in [0.4, 0.5) is 5.69 Å². The van der Waals surface area contributed by atoms with Crippen molar-refractivity contribution in [2.75, 3.05) is 13.2 Å². The second kappa shape index (κ2) is 24.1. The number of benzene rings is 2. The lowest BCUT2D eigenvalue weighted by atomic mass is 10.0. The topological polar surface area (TPSA) is 165 Å². The monoisotopic (exact) mass is 654 g/mol. The number of carbonyl (C=O) groups excluding carboxylic acids is 3. The Morgan fingerprint density at radius 2 is 1.21 bits per heavy atom. The van der Waals surface area contributed by atoms with Crippen molar-refractivity contribution >= 4 is 23.6 Å². The fourth-order valence-corrected chi connectivity index (χ4v) is 3.44. The smallest absolute Gasteiger partial charge is 0.338 e. The molecule has 0 saturated carbocycles. The van der Waals surface area contributed by atoms with E-state index in [1.807, 2.05) is 24.3 Å². The molecule has 12 nitrogen and oxygen atoms in total. The summed E-state index contributed by atoms with van der Waals surface area (Å²) in [6.45, 7) is 16.7. The Balaban J connectivity index is 0.000000715. The molecular weight excluding hydrogens is 608 g/mol. The fraction of sp³-hybridized carbons (Fsp3) is 0.400. The lowest BCUT2D eigenvalue weighted by molar-refractivity contribution is -0.482. The predicted molar refractivity (Wildman–Crippen MR) is 180 cm³/mol. The van der Waals surface area contributed by atoms with Gasteiger partial charge >= 0.3 is 17.9 Å². The van der Waals surface area contributed by atoms with E-state index in [2.05, 4.69) is 31.4 Å². The van der Waals surface area contributed by atoms with Crippen molar-refractivity contribution < 1.29 is 38.4 Å². The molecule has 0 unspecified atom stereocenters. The Kier molecular flexibility index (Phi) is 21.5. The zero-order valence-corrected chi connectivity index (χ0v) is 27.8. The molecule has 256 valence electrons. The Bertz CT molecular complexity index is 1370. The van der Waals surface area contributed by atoms with Gasteiger partial charge in [0.1, 0.15) is 11.5 Å². The van der Waals surface area contributed by atoms with Crippen molar-refractivity contribution in [3.63, 3.8) is 0 Å². The fourth-order valence-electron chi connectivity index (χ4n) is 3.44. The summed E-state index contributed by atoms with van der Waals surface area (Å²) in [5.74, 6) is -0.553. The molecule has 0 atom stereocenters. The van der Waals surface area contributed by atoms with Crippen LogP contribution >= 0.6 is 0 Å². The number of non-ortho nitro benzene ring substituents is 1. The summed E-state index contributed by atoms with van der Waals surface area (Å²) in [6.07, 6.45) is 9.98. The first-order valence-electron chi connectivity index (χ1n) is 15.2. The normalized spacial score (nSPS) is 9.70. The molecule has 0 N–H and O–H groups in total. The van der Waals surface area contributed by atoms with Crippen LogP contribution in [-0.2, 0) is 25.5 Å². The van der Waals surface area contributed by atoms with Crippen LogP contribution in [0.5, 0.6) is 11.5 Å². The first kappa shape index (κ1) is 41.9. The molecule has 0 aliphatic heterocycles. The van der Waals surface area contributed by atoms with Crippen LogP contribution in [0.1, 0.15) is 78.2 Å². The van der Waals surface area contributed by atoms with Gasteiger partial charge in [0.05, 0.1) is 4.92 Å². The summed E-state index contributed by atoms with van der Waals surface area (Å²) in [4.78, 5) is 52.3. The Hall–Kier alpha value is -5.13. The third-order valence-electron chi connectivity index (χ3n) is 6.04. The Morgan fingerprint density at radius 1 is 0.702 bits per heavy atom. The third-order valence-corrected chi connectivity index (χ3v) is 6.04. The van der Waals surface area contributed by atoms with Gasteiger partial charge in [0.2, 0.25) is 6.54 Å². The number of nitro groups is 2. The maximum atomic E-state index is 11.6. The van der Waals surface area contributed by atoms with Crippen molar-refractivity contribution in [1.29, 1.82) is 0 Å². The van der Waals surface area contributed by atoms with E-state index in [9.17, 15) is 34.6 Å². The molecular formula is C35H46N2O10. The van der Waals surface area contributed by atoms with E-state index in [4.69, 9.17) is 9.47 Å². The molecule has 0 aliphatic carbocycles. The van der Waals surface area contributed by atoms with Gasteiger partial charge in [-0.1, -0.05) is 83.4 Å². The largest absolute Gasteiger partial charge is 0.455 e. The minimum atomic E-state index is -0.591. The predicted octanol–water partition coefficient (Wildman–Crippen LogP) is 7.92. The summed E-state index contributed by atoms with van der Waals surface area (Å²) in [5.41, 5.74) is 2.01.